The van der Waals surface area contributed by atoms with Gasteiger partial charge in [0.1, 0.15) is 5.69 Å². The van der Waals surface area contributed by atoms with Gasteiger partial charge >= 0.3 is 0 Å². The van der Waals surface area contributed by atoms with E-state index in [-0.39, 0.29) is 11.9 Å². The maximum atomic E-state index is 12.9. The highest BCUT2D eigenvalue weighted by Crippen LogP contribution is 2.18. The zero-order valence-electron chi connectivity index (χ0n) is 14.5. The largest absolute Gasteiger partial charge is 0.335 e. The van der Waals surface area contributed by atoms with E-state index >= 15 is 0 Å². The van der Waals surface area contributed by atoms with Crippen LogP contribution in [-0.2, 0) is 6.54 Å². The number of aromatic nitrogens is 2. The number of hydrogen-bond donors (Lipinski definition) is 0. The van der Waals surface area contributed by atoms with Gasteiger partial charge in [0, 0.05) is 19.1 Å². The van der Waals surface area contributed by atoms with Crippen molar-refractivity contribution in [2.24, 2.45) is 0 Å². The standard InChI is InChI=1S/C17H31N3O/c1-7-10-11-19(14(6)8-2)17(21)16-12-15(13(4)5)18-20(16)9-3/h12-14H,7-11H2,1-6H3. The van der Waals surface area contributed by atoms with Crippen LogP contribution in [0.1, 0.15) is 82.9 Å². The minimum Gasteiger partial charge on any atom is -0.335 e. The first kappa shape index (κ1) is 17.7. The molecule has 0 fully saturated rings. The first-order valence-electron chi connectivity index (χ1n) is 8.34. The summed E-state index contributed by atoms with van der Waals surface area (Å²) in [5.74, 6) is 0.469. The van der Waals surface area contributed by atoms with Crippen LogP contribution in [0.2, 0.25) is 0 Å². The average molecular weight is 293 g/mol. The second kappa shape index (κ2) is 8.20. The van der Waals surface area contributed by atoms with Crippen LogP contribution in [0.25, 0.3) is 0 Å². The van der Waals surface area contributed by atoms with Crippen LogP contribution < -0.4 is 0 Å². The molecule has 0 bridgehead atoms. The van der Waals surface area contributed by atoms with Crippen molar-refractivity contribution in [1.82, 2.24) is 14.7 Å². The monoisotopic (exact) mass is 293 g/mol. The quantitative estimate of drug-likeness (QED) is 0.724. The van der Waals surface area contributed by atoms with E-state index < -0.39 is 0 Å². The Morgan fingerprint density at radius 3 is 2.43 bits per heavy atom. The molecular formula is C17H31N3O. The van der Waals surface area contributed by atoms with E-state index in [2.05, 4.69) is 39.7 Å². The summed E-state index contributed by atoms with van der Waals surface area (Å²) in [4.78, 5) is 14.9. The number of rotatable bonds is 8. The normalized spacial score (nSPS) is 12.7. The Morgan fingerprint density at radius 2 is 1.95 bits per heavy atom. The fourth-order valence-corrected chi connectivity index (χ4v) is 2.35. The SMILES string of the molecule is CCCCN(C(=O)c1cc(C(C)C)nn1CC)C(C)CC. The molecule has 0 saturated carbocycles. The summed E-state index contributed by atoms with van der Waals surface area (Å²) in [6, 6.07) is 2.24. The van der Waals surface area contributed by atoms with Crippen molar-refractivity contribution in [3.63, 3.8) is 0 Å². The lowest BCUT2D eigenvalue weighted by molar-refractivity contribution is 0.0672. The summed E-state index contributed by atoms with van der Waals surface area (Å²) in [6.07, 6.45) is 3.13. The Balaban J connectivity index is 3.07. The predicted molar refractivity (Wildman–Crippen MR) is 87.7 cm³/mol. The summed E-state index contributed by atoms with van der Waals surface area (Å²) in [5.41, 5.74) is 1.73. The Labute approximate surface area is 129 Å². The summed E-state index contributed by atoms with van der Waals surface area (Å²) in [7, 11) is 0. The first-order chi connectivity index (χ1) is 9.96. The second-order valence-corrected chi connectivity index (χ2v) is 6.03. The molecular weight excluding hydrogens is 262 g/mol. The minimum atomic E-state index is 0.124. The minimum absolute atomic E-state index is 0.124. The molecule has 0 aliphatic carbocycles. The lowest BCUT2D eigenvalue weighted by Gasteiger charge is -2.28. The van der Waals surface area contributed by atoms with E-state index in [1.165, 1.54) is 0 Å². The molecule has 1 amide bonds. The fourth-order valence-electron chi connectivity index (χ4n) is 2.35. The van der Waals surface area contributed by atoms with Crippen LogP contribution in [0, 0.1) is 0 Å². The topological polar surface area (TPSA) is 38.1 Å². The van der Waals surface area contributed by atoms with Gasteiger partial charge in [-0.2, -0.15) is 5.10 Å². The van der Waals surface area contributed by atoms with Crippen molar-refractivity contribution in [1.29, 1.82) is 0 Å². The van der Waals surface area contributed by atoms with Crippen LogP contribution in [0.4, 0.5) is 0 Å². The van der Waals surface area contributed by atoms with Crippen LogP contribution in [0.15, 0.2) is 6.07 Å². The third-order valence-electron chi connectivity index (χ3n) is 4.05. The van der Waals surface area contributed by atoms with E-state index in [1.54, 1.807) is 0 Å². The summed E-state index contributed by atoms with van der Waals surface area (Å²) in [6.45, 7) is 14.2. The number of carbonyl (C=O) groups excluding carboxylic acids is 1. The fraction of sp³-hybridized carbons (Fsp3) is 0.765. The molecule has 4 heteroatoms. The van der Waals surface area contributed by atoms with Gasteiger partial charge in [0.15, 0.2) is 0 Å². The molecule has 0 aliphatic rings. The zero-order chi connectivity index (χ0) is 16.0. The summed E-state index contributed by atoms with van der Waals surface area (Å²) < 4.78 is 1.85. The molecule has 21 heavy (non-hydrogen) atoms. The number of amides is 1. The number of aryl methyl sites for hydroxylation is 1. The van der Waals surface area contributed by atoms with Crippen LogP contribution >= 0.6 is 0 Å². The van der Waals surface area contributed by atoms with Gasteiger partial charge in [-0.05, 0) is 38.7 Å². The predicted octanol–water partition coefficient (Wildman–Crippen LogP) is 4.07. The Bertz CT molecular complexity index is 451. The lowest BCUT2D eigenvalue weighted by Crippen LogP contribution is -2.40. The zero-order valence-corrected chi connectivity index (χ0v) is 14.5. The average Bonchev–Trinajstić information content (AvgIpc) is 2.91. The van der Waals surface area contributed by atoms with E-state index in [9.17, 15) is 4.79 Å². The van der Waals surface area contributed by atoms with Gasteiger partial charge in [0.05, 0.1) is 5.69 Å². The highest BCUT2D eigenvalue weighted by Gasteiger charge is 2.24. The molecule has 0 radical (unpaired) electrons. The smallest absolute Gasteiger partial charge is 0.272 e. The number of nitrogens with zero attached hydrogens (tertiary/aromatic N) is 3. The van der Waals surface area contributed by atoms with Gasteiger partial charge in [-0.3, -0.25) is 9.48 Å². The van der Waals surface area contributed by atoms with Crippen molar-refractivity contribution in [2.75, 3.05) is 6.54 Å². The van der Waals surface area contributed by atoms with Crippen molar-refractivity contribution >= 4 is 5.91 Å². The molecule has 120 valence electrons. The summed E-state index contributed by atoms with van der Waals surface area (Å²) >= 11 is 0. The van der Waals surface area contributed by atoms with Gasteiger partial charge in [0.25, 0.3) is 5.91 Å². The van der Waals surface area contributed by atoms with Gasteiger partial charge in [-0.15, -0.1) is 0 Å². The van der Waals surface area contributed by atoms with Gasteiger partial charge < -0.3 is 4.90 Å². The van der Waals surface area contributed by atoms with Crippen LogP contribution in [0.5, 0.6) is 0 Å². The molecule has 1 rings (SSSR count). The Hall–Kier alpha value is -1.32. The highest BCUT2D eigenvalue weighted by molar-refractivity contribution is 5.93. The second-order valence-electron chi connectivity index (χ2n) is 6.03. The van der Waals surface area contributed by atoms with Crippen molar-refractivity contribution in [2.45, 2.75) is 79.3 Å². The van der Waals surface area contributed by atoms with Gasteiger partial charge in [-0.1, -0.05) is 34.1 Å². The van der Waals surface area contributed by atoms with Crippen molar-refractivity contribution in [3.8, 4) is 0 Å². The van der Waals surface area contributed by atoms with Crippen molar-refractivity contribution in [3.05, 3.63) is 17.5 Å². The van der Waals surface area contributed by atoms with E-state index in [0.29, 0.717) is 5.92 Å². The Kier molecular flexibility index (Phi) is 6.93. The van der Waals surface area contributed by atoms with E-state index in [4.69, 9.17) is 0 Å². The molecule has 0 aromatic carbocycles. The maximum Gasteiger partial charge on any atom is 0.272 e. The van der Waals surface area contributed by atoms with Crippen LogP contribution in [-0.4, -0.2) is 33.2 Å². The molecule has 0 spiro atoms. The molecule has 0 N–H and O–H groups in total. The molecule has 1 unspecified atom stereocenters. The number of carbonyl (C=O) groups is 1. The molecule has 1 heterocycles. The highest BCUT2D eigenvalue weighted by atomic mass is 16.2. The van der Waals surface area contributed by atoms with E-state index in [0.717, 1.165) is 43.7 Å². The molecule has 0 saturated heterocycles. The molecule has 1 aromatic heterocycles. The maximum absolute atomic E-state index is 12.9. The number of hydrogen-bond acceptors (Lipinski definition) is 2. The Morgan fingerprint density at radius 1 is 1.29 bits per heavy atom. The van der Waals surface area contributed by atoms with Gasteiger partial charge in [0.2, 0.25) is 0 Å². The third kappa shape index (κ3) is 4.32. The van der Waals surface area contributed by atoms with E-state index in [1.807, 2.05) is 22.6 Å². The molecule has 1 atom stereocenters. The molecule has 4 nitrogen and oxygen atoms in total. The van der Waals surface area contributed by atoms with Gasteiger partial charge in [-0.25, -0.2) is 0 Å². The van der Waals surface area contributed by atoms with Crippen molar-refractivity contribution < 1.29 is 4.79 Å². The van der Waals surface area contributed by atoms with Crippen LogP contribution in [0.3, 0.4) is 0 Å². The first-order valence-corrected chi connectivity index (χ1v) is 8.34. The summed E-state index contributed by atoms with van der Waals surface area (Å²) in [5, 5.41) is 4.57. The molecule has 1 aromatic rings. The lowest BCUT2D eigenvalue weighted by atomic mass is 10.1. The third-order valence-corrected chi connectivity index (χ3v) is 4.05. The number of unbranched alkanes of at least 4 members (excludes halogenated alkanes) is 1. The molecule has 0 aliphatic heterocycles.